The van der Waals surface area contributed by atoms with Gasteiger partial charge in [0.2, 0.25) is 17.7 Å². The number of hydrogen-bond acceptors (Lipinski definition) is 5. The van der Waals surface area contributed by atoms with Gasteiger partial charge in [-0.25, -0.2) is 4.98 Å². The number of aryl methyl sites for hydroxylation is 1. The van der Waals surface area contributed by atoms with Crippen LogP contribution in [0.25, 0.3) is 10.8 Å². The maximum atomic E-state index is 12.4. The summed E-state index contributed by atoms with van der Waals surface area (Å²) in [5.74, 6) is 1.09. The summed E-state index contributed by atoms with van der Waals surface area (Å²) in [6.45, 7) is 4.07. The number of carbonyl (C=O) groups excluding carboxylic acids is 2. The van der Waals surface area contributed by atoms with Crippen molar-refractivity contribution < 1.29 is 14.0 Å². The molecule has 1 aliphatic rings. The van der Waals surface area contributed by atoms with Gasteiger partial charge in [-0.05, 0) is 48.6 Å². The number of nitrogens with one attached hydrogen (secondary N) is 1. The van der Waals surface area contributed by atoms with E-state index in [1.807, 2.05) is 42.6 Å². The van der Waals surface area contributed by atoms with Crippen molar-refractivity contribution in [2.75, 3.05) is 16.8 Å². The summed E-state index contributed by atoms with van der Waals surface area (Å²) in [5.41, 5.74) is 3.36. The molecule has 0 spiro atoms. The quantitative estimate of drug-likeness (QED) is 0.746. The van der Waals surface area contributed by atoms with Crippen LogP contribution in [0.2, 0.25) is 0 Å². The molecule has 27 heavy (non-hydrogen) atoms. The third kappa shape index (κ3) is 3.50. The van der Waals surface area contributed by atoms with Crippen molar-refractivity contribution in [1.82, 2.24) is 4.98 Å². The van der Waals surface area contributed by atoms with Crippen LogP contribution < -0.4 is 10.2 Å². The van der Waals surface area contributed by atoms with Crippen LogP contribution in [-0.2, 0) is 22.4 Å². The van der Waals surface area contributed by atoms with Crippen molar-refractivity contribution in [3.05, 3.63) is 52.7 Å². The van der Waals surface area contributed by atoms with Gasteiger partial charge in [0.15, 0.2) is 0 Å². The normalized spacial score (nSPS) is 12.9. The first-order chi connectivity index (χ1) is 13.0. The molecule has 3 heterocycles. The molecule has 1 aromatic carbocycles. The Morgan fingerprint density at radius 2 is 2.19 bits per heavy atom. The van der Waals surface area contributed by atoms with Gasteiger partial charge >= 0.3 is 0 Å². The van der Waals surface area contributed by atoms with Gasteiger partial charge in [-0.15, -0.1) is 11.3 Å². The molecule has 0 aliphatic carbocycles. The van der Waals surface area contributed by atoms with Crippen molar-refractivity contribution in [2.45, 2.75) is 26.7 Å². The smallest absolute Gasteiger partial charge is 0.236 e. The van der Waals surface area contributed by atoms with E-state index in [1.165, 1.54) is 0 Å². The number of aromatic nitrogens is 1. The molecular formula is C20H19N3O3S. The Labute approximate surface area is 160 Å². The lowest BCUT2D eigenvalue weighted by molar-refractivity contribution is -0.117. The van der Waals surface area contributed by atoms with Crippen molar-refractivity contribution in [3.63, 3.8) is 0 Å². The van der Waals surface area contributed by atoms with Crippen LogP contribution >= 0.6 is 11.3 Å². The number of rotatable bonds is 4. The summed E-state index contributed by atoms with van der Waals surface area (Å²) >= 11 is 1.55. The molecule has 138 valence electrons. The van der Waals surface area contributed by atoms with Crippen LogP contribution in [0.5, 0.6) is 0 Å². The molecule has 0 fully saturated rings. The first-order valence-electron chi connectivity index (χ1n) is 8.72. The Morgan fingerprint density at radius 1 is 1.33 bits per heavy atom. The molecule has 0 bridgehead atoms. The lowest BCUT2D eigenvalue weighted by Crippen LogP contribution is -2.25. The number of benzene rings is 1. The van der Waals surface area contributed by atoms with E-state index in [1.54, 1.807) is 23.2 Å². The fraction of sp³-hybridized carbons (Fsp3) is 0.250. The zero-order chi connectivity index (χ0) is 19.0. The minimum atomic E-state index is -0.148. The lowest BCUT2D eigenvalue weighted by Gasteiger charge is -2.15. The van der Waals surface area contributed by atoms with Gasteiger partial charge < -0.3 is 14.6 Å². The summed E-state index contributed by atoms with van der Waals surface area (Å²) in [4.78, 5) is 31.2. The van der Waals surface area contributed by atoms with Crippen LogP contribution in [0.4, 0.5) is 11.4 Å². The largest absolute Gasteiger partial charge is 0.440 e. The standard InChI is InChI=1S/C20H19N3O3S/c1-12-16(22-20(26-12)18-4-3-9-27-18)11-19(25)21-15-5-6-17-14(10-15)7-8-23(17)13(2)24/h3-6,9-10H,7-8,11H2,1-2H3,(H,21,25). The van der Waals surface area contributed by atoms with Crippen molar-refractivity contribution in [1.29, 1.82) is 0 Å². The van der Waals surface area contributed by atoms with E-state index >= 15 is 0 Å². The monoisotopic (exact) mass is 381 g/mol. The average Bonchev–Trinajstić information content (AvgIpc) is 3.34. The van der Waals surface area contributed by atoms with E-state index in [-0.39, 0.29) is 18.2 Å². The Morgan fingerprint density at radius 3 is 2.93 bits per heavy atom. The van der Waals surface area contributed by atoms with E-state index < -0.39 is 0 Å². The second-order valence-corrected chi connectivity index (χ2v) is 7.44. The van der Waals surface area contributed by atoms with Crippen molar-refractivity contribution >= 4 is 34.5 Å². The Hall–Kier alpha value is -2.93. The third-order valence-corrected chi connectivity index (χ3v) is 5.45. The minimum Gasteiger partial charge on any atom is -0.440 e. The summed E-state index contributed by atoms with van der Waals surface area (Å²) < 4.78 is 5.69. The van der Waals surface area contributed by atoms with Crippen LogP contribution in [0.15, 0.2) is 40.1 Å². The number of amides is 2. The van der Waals surface area contributed by atoms with Gasteiger partial charge in [-0.2, -0.15) is 0 Å². The summed E-state index contributed by atoms with van der Waals surface area (Å²) in [6.07, 6.45) is 0.947. The van der Waals surface area contributed by atoms with E-state index in [0.717, 1.165) is 28.2 Å². The average molecular weight is 381 g/mol. The first-order valence-corrected chi connectivity index (χ1v) is 9.60. The zero-order valence-electron chi connectivity index (χ0n) is 15.1. The predicted octanol–water partition coefficient (Wildman–Crippen LogP) is 3.80. The van der Waals surface area contributed by atoms with Gasteiger partial charge in [-0.1, -0.05) is 6.07 Å². The third-order valence-electron chi connectivity index (χ3n) is 4.59. The molecular weight excluding hydrogens is 362 g/mol. The number of thiophene rings is 1. The Kier molecular flexibility index (Phi) is 4.53. The van der Waals surface area contributed by atoms with E-state index in [4.69, 9.17) is 4.42 Å². The lowest BCUT2D eigenvalue weighted by atomic mass is 10.1. The van der Waals surface area contributed by atoms with E-state index in [2.05, 4.69) is 10.3 Å². The fourth-order valence-electron chi connectivity index (χ4n) is 3.26. The van der Waals surface area contributed by atoms with E-state index in [9.17, 15) is 9.59 Å². The Balaban J connectivity index is 1.45. The first kappa shape index (κ1) is 17.5. The van der Waals surface area contributed by atoms with Crippen molar-refractivity contribution in [2.24, 2.45) is 0 Å². The number of nitrogens with zero attached hydrogens (tertiary/aromatic N) is 2. The Bertz CT molecular complexity index is 1010. The molecule has 0 saturated heterocycles. The van der Waals surface area contributed by atoms with Crippen LogP contribution in [0, 0.1) is 6.92 Å². The van der Waals surface area contributed by atoms with Crippen LogP contribution in [0.1, 0.15) is 23.9 Å². The number of fused-ring (bicyclic) bond motifs is 1. The van der Waals surface area contributed by atoms with Gasteiger partial charge in [-0.3, -0.25) is 9.59 Å². The molecule has 0 radical (unpaired) electrons. The molecule has 3 aromatic rings. The number of oxazole rings is 1. The number of anilines is 2. The predicted molar refractivity (Wildman–Crippen MR) is 105 cm³/mol. The zero-order valence-corrected chi connectivity index (χ0v) is 15.9. The van der Waals surface area contributed by atoms with Crippen molar-refractivity contribution in [3.8, 4) is 10.8 Å². The molecule has 1 N–H and O–H groups in total. The molecule has 1 aliphatic heterocycles. The molecule has 0 atom stereocenters. The molecule has 0 unspecified atom stereocenters. The van der Waals surface area contributed by atoms with Crippen LogP contribution in [0.3, 0.4) is 0 Å². The summed E-state index contributed by atoms with van der Waals surface area (Å²) in [6, 6.07) is 9.52. The van der Waals surface area contributed by atoms with Gasteiger partial charge in [0.05, 0.1) is 17.0 Å². The fourth-order valence-corrected chi connectivity index (χ4v) is 3.91. The molecule has 0 saturated carbocycles. The molecule has 4 rings (SSSR count). The minimum absolute atomic E-state index is 0.0357. The second kappa shape index (κ2) is 7.00. The van der Waals surface area contributed by atoms with Crippen LogP contribution in [-0.4, -0.2) is 23.3 Å². The molecule has 2 aromatic heterocycles. The maximum absolute atomic E-state index is 12.4. The number of carbonyl (C=O) groups is 2. The molecule has 6 nitrogen and oxygen atoms in total. The van der Waals surface area contributed by atoms with Gasteiger partial charge in [0.25, 0.3) is 0 Å². The maximum Gasteiger partial charge on any atom is 0.236 e. The molecule has 2 amide bonds. The SMILES string of the molecule is CC(=O)N1CCc2cc(NC(=O)Cc3nc(-c4cccs4)oc3C)ccc21. The highest BCUT2D eigenvalue weighted by Crippen LogP contribution is 2.31. The topological polar surface area (TPSA) is 75.4 Å². The number of hydrogen-bond donors (Lipinski definition) is 1. The highest BCUT2D eigenvalue weighted by molar-refractivity contribution is 7.13. The second-order valence-electron chi connectivity index (χ2n) is 6.49. The summed E-state index contributed by atoms with van der Waals surface area (Å²) in [7, 11) is 0. The highest BCUT2D eigenvalue weighted by Gasteiger charge is 2.22. The molecule has 7 heteroatoms. The van der Waals surface area contributed by atoms with Gasteiger partial charge in [0.1, 0.15) is 5.76 Å². The van der Waals surface area contributed by atoms with E-state index in [0.29, 0.717) is 23.9 Å². The summed E-state index contributed by atoms with van der Waals surface area (Å²) in [5, 5.41) is 4.87. The highest BCUT2D eigenvalue weighted by atomic mass is 32.1. The van der Waals surface area contributed by atoms with Gasteiger partial charge in [0, 0.05) is 24.8 Å².